The lowest BCUT2D eigenvalue weighted by atomic mass is 10.3. The Labute approximate surface area is 131 Å². The minimum atomic E-state index is -4.45. The number of hydrogen-bond acceptors (Lipinski definition) is 6. The molecule has 2 aromatic heterocycles. The first kappa shape index (κ1) is 15.6. The minimum Gasteiger partial charge on any atom is -0.338 e. The van der Waals surface area contributed by atoms with Gasteiger partial charge in [0.25, 0.3) is 0 Å². The molecule has 0 bridgehead atoms. The van der Waals surface area contributed by atoms with Crippen LogP contribution in [0, 0.1) is 0 Å². The minimum absolute atomic E-state index is 0.124. The zero-order chi connectivity index (χ0) is 16.3. The third-order valence-corrected chi connectivity index (χ3v) is 3.59. The van der Waals surface area contributed by atoms with Crippen molar-refractivity contribution in [1.82, 2.24) is 24.8 Å². The van der Waals surface area contributed by atoms with E-state index in [0.29, 0.717) is 32.7 Å². The summed E-state index contributed by atoms with van der Waals surface area (Å²) in [6.45, 7) is 3.22. The van der Waals surface area contributed by atoms with Gasteiger partial charge < -0.3 is 4.90 Å². The SMILES string of the molecule is FC(F)(F)c1ccnc(N2CCN(Cc3cnccn3)CC2)n1. The second kappa shape index (κ2) is 6.45. The lowest BCUT2D eigenvalue weighted by Gasteiger charge is -2.34. The van der Waals surface area contributed by atoms with Crippen LogP contribution in [0.1, 0.15) is 11.4 Å². The van der Waals surface area contributed by atoms with Gasteiger partial charge >= 0.3 is 6.18 Å². The van der Waals surface area contributed by atoms with Gasteiger partial charge in [-0.3, -0.25) is 14.9 Å². The molecule has 2 aromatic rings. The van der Waals surface area contributed by atoms with E-state index in [1.165, 1.54) is 0 Å². The molecule has 1 fully saturated rings. The molecule has 0 saturated carbocycles. The molecule has 1 aliphatic rings. The first-order chi connectivity index (χ1) is 11.0. The molecule has 3 rings (SSSR count). The molecule has 1 saturated heterocycles. The van der Waals surface area contributed by atoms with Crippen LogP contribution in [0.5, 0.6) is 0 Å². The highest BCUT2D eigenvalue weighted by atomic mass is 19.4. The summed E-state index contributed by atoms with van der Waals surface area (Å²) in [5, 5.41) is 0. The van der Waals surface area contributed by atoms with Crippen LogP contribution in [0.3, 0.4) is 0 Å². The van der Waals surface area contributed by atoms with E-state index in [-0.39, 0.29) is 5.95 Å². The normalized spacial score (nSPS) is 16.6. The molecule has 0 unspecified atom stereocenters. The van der Waals surface area contributed by atoms with E-state index in [1.54, 1.807) is 23.5 Å². The number of piperazine rings is 1. The van der Waals surface area contributed by atoms with Gasteiger partial charge in [-0.2, -0.15) is 13.2 Å². The fourth-order valence-electron chi connectivity index (χ4n) is 2.41. The van der Waals surface area contributed by atoms with Crippen molar-refractivity contribution in [3.05, 3.63) is 42.2 Å². The Morgan fingerprint density at radius 2 is 1.78 bits per heavy atom. The van der Waals surface area contributed by atoms with E-state index >= 15 is 0 Å². The van der Waals surface area contributed by atoms with Crippen molar-refractivity contribution in [2.45, 2.75) is 12.7 Å². The molecule has 122 valence electrons. The van der Waals surface area contributed by atoms with Gasteiger partial charge in [0.05, 0.1) is 5.69 Å². The molecule has 0 spiro atoms. The average molecular weight is 324 g/mol. The van der Waals surface area contributed by atoms with Crippen LogP contribution in [0.25, 0.3) is 0 Å². The highest BCUT2D eigenvalue weighted by Crippen LogP contribution is 2.28. The van der Waals surface area contributed by atoms with E-state index < -0.39 is 11.9 Å². The van der Waals surface area contributed by atoms with Crippen molar-refractivity contribution in [2.24, 2.45) is 0 Å². The zero-order valence-corrected chi connectivity index (χ0v) is 12.2. The molecule has 0 amide bonds. The summed E-state index contributed by atoms with van der Waals surface area (Å²) in [5.41, 5.74) is -0.0410. The third-order valence-electron chi connectivity index (χ3n) is 3.59. The summed E-state index contributed by atoms with van der Waals surface area (Å²) in [6.07, 6.45) is 1.67. The molecule has 3 heterocycles. The number of anilines is 1. The summed E-state index contributed by atoms with van der Waals surface area (Å²) < 4.78 is 38.1. The summed E-state index contributed by atoms with van der Waals surface area (Å²) >= 11 is 0. The van der Waals surface area contributed by atoms with Gasteiger partial charge in [0.1, 0.15) is 5.69 Å². The van der Waals surface area contributed by atoms with Crippen molar-refractivity contribution in [2.75, 3.05) is 31.1 Å². The second-order valence-corrected chi connectivity index (χ2v) is 5.20. The Morgan fingerprint density at radius 3 is 2.43 bits per heavy atom. The van der Waals surface area contributed by atoms with Gasteiger partial charge in [0.2, 0.25) is 5.95 Å². The number of halogens is 3. The van der Waals surface area contributed by atoms with Gasteiger partial charge in [-0.25, -0.2) is 9.97 Å². The Bertz CT molecular complexity index is 640. The highest BCUT2D eigenvalue weighted by molar-refractivity contribution is 5.31. The molecule has 0 aromatic carbocycles. The van der Waals surface area contributed by atoms with Crippen molar-refractivity contribution in [3.63, 3.8) is 0 Å². The van der Waals surface area contributed by atoms with E-state index in [2.05, 4.69) is 24.8 Å². The molecule has 0 aliphatic carbocycles. The van der Waals surface area contributed by atoms with E-state index in [9.17, 15) is 13.2 Å². The molecule has 23 heavy (non-hydrogen) atoms. The highest BCUT2D eigenvalue weighted by Gasteiger charge is 2.33. The van der Waals surface area contributed by atoms with Crippen LogP contribution in [0.15, 0.2) is 30.9 Å². The van der Waals surface area contributed by atoms with Gasteiger partial charge in [0, 0.05) is 57.5 Å². The topological polar surface area (TPSA) is 58.0 Å². The standard InChI is InChI=1S/C14H15F3N6/c15-14(16,17)12-1-2-20-13(21-12)23-7-5-22(6-8-23)10-11-9-18-3-4-19-11/h1-4,9H,5-8,10H2. The Morgan fingerprint density at radius 1 is 1.00 bits per heavy atom. The number of hydrogen-bond donors (Lipinski definition) is 0. The van der Waals surface area contributed by atoms with Gasteiger partial charge in [0.15, 0.2) is 0 Å². The lowest BCUT2D eigenvalue weighted by molar-refractivity contribution is -0.141. The fraction of sp³-hybridized carbons (Fsp3) is 0.429. The molecule has 6 nitrogen and oxygen atoms in total. The van der Waals surface area contributed by atoms with Crippen molar-refractivity contribution in [1.29, 1.82) is 0 Å². The summed E-state index contributed by atoms with van der Waals surface area (Å²) in [4.78, 5) is 19.8. The van der Waals surface area contributed by atoms with Crippen LogP contribution in [-0.2, 0) is 12.7 Å². The number of alkyl halides is 3. The van der Waals surface area contributed by atoms with Crippen LogP contribution in [-0.4, -0.2) is 51.0 Å². The largest absolute Gasteiger partial charge is 0.433 e. The zero-order valence-electron chi connectivity index (χ0n) is 12.2. The maximum absolute atomic E-state index is 12.7. The molecule has 9 heteroatoms. The summed E-state index contributed by atoms with van der Waals surface area (Å²) in [6, 6.07) is 0.883. The van der Waals surface area contributed by atoms with Crippen molar-refractivity contribution >= 4 is 5.95 Å². The van der Waals surface area contributed by atoms with E-state index in [4.69, 9.17) is 0 Å². The van der Waals surface area contributed by atoms with Gasteiger partial charge in [-0.15, -0.1) is 0 Å². The second-order valence-electron chi connectivity index (χ2n) is 5.20. The van der Waals surface area contributed by atoms with E-state index in [0.717, 1.165) is 18.0 Å². The third kappa shape index (κ3) is 3.92. The van der Waals surface area contributed by atoms with Crippen molar-refractivity contribution in [3.8, 4) is 0 Å². The summed E-state index contributed by atoms with van der Waals surface area (Å²) in [7, 11) is 0. The molecular weight excluding hydrogens is 309 g/mol. The average Bonchev–Trinajstić information content (AvgIpc) is 2.56. The van der Waals surface area contributed by atoms with Crippen LogP contribution in [0.2, 0.25) is 0 Å². The van der Waals surface area contributed by atoms with Crippen LogP contribution < -0.4 is 4.90 Å². The van der Waals surface area contributed by atoms with E-state index in [1.807, 2.05) is 0 Å². The number of nitrogens with zero attached hydrogens (tertiary/aromatic N) is 6. The molecular formula is C14H15F3N6. The summed E-state index contributed by atoms with van der Waals surface area (Å²) in [5.74, 6) is 0.124. The van der Waals surface area contributed by atoms with Crippen molar-refractivity contribution < 1.29 is 13.2 Å². The maximum atomic E-state index is 12.7. The van der Waals surface area contributed by atoms with Crippen LogP contribution in [0.4, 0.5) is 19.1 Å². The quantitative estimate of drug-likeness (QED) is 0.855. The maximum Gasteiger partial charge on any atom is 0.433 e. The number of aromatic nitrogens is 4. The molecule has 0 radical (unpaired) electrons. The Hall–Kier alpha value is -2.29. The van der Waals surface area contributed by atoms with Gasteiger partial charge in [-0.05, 0) is 6.07 Å². The predicted molar refractivity (Wildman–Crippen MR) is 76.6 cm³/mol. The molecule has 0 N–H and O–H groups in total. The van der Waals surface area contributed by atoms with Crippen LogP contribution >= 0.6 is 0 Å². The Kier molecular flexibility index (Phi) is 4.37. The smallest absolute Gasteiger partial charge is 0.338 e. The van der Waals surface area contributed by atoms with Gasteiger partial charge in [-0.1, -0.05) is 0 Å². The molecule has 1 aliphatic heterocycles. The fourth-order valence-corrected chi connectivity index (χ4v) is 2.41. The lowest BCUT2D eigenvalue weighted by Crippen LogP contribution is -2.46. The Balaban J connectivity index is 1.61. The first-order valence-corrected chi connectivity index (χ1v) is 7.15. The number of rotatable bonds is 3. The monoisotopic (exact) mass is 324 g/mol. The first-order valence-electron chi connectivity index (χ1n) is 7.15. The molecule has 0 atom stereocenters. The predicted octanol–water partition coefficient (Wildman–Crippen LogP) is 1.61.